The van der Waals surface area contributed by atoms with Crippen LogP contribution in [-0.2, 0) is 10.9 Å². The van der Waals surface area contributed by atoms with Gasteiger partial charge in [0.2, 0.25) is 0 Å². The molecular formula is C18H17F3N2O4. The van der Waals surface area contributed by atoms with E-state index >= 15 is 0 Å². The van der Waals surface area contributed by atoms with Gasteiger partial charge in [0, 0.05) is 6.20 Å². The molecular weight excluding hydrogens is 365 g/mol. The van der Waals surface area contributed by atoms with E-state index < -0.39 is 23.6 Å². The molecule has 0 unspecified atom stereocenters. The van der Waals surface area contributed by atoms with Gasteiger partial charge >= 0.3 is 12.1 Å². The van der Waals surface area contributed by atoms with Gasteiger partial charge in [-0.1, -0.05) is 6.92 Å². The molecule has 0 saturated carbocycles. The number of alkyl halides is 3. The number of carbonyl (C=O) groups is 2. The highest BCUT2D eigenvalue weighted by Crippen LogP contribution is 2.35. The summed E-state index contributed by atoms with van der Waals surface area (Å²) in [6.45, 7) is 2.12. The fraction of sp³-hybridized carbons (Fsp3) is 0.278. The summed E-state index contributed by atoms with van der Waals surface area (Å²) in [7, 11) is 1.20. The maximum atomic E-state index is 13.0. The van der Waals surface area contributed by atoms with E-state index in [0.29, 0.717) is 6.42 Å². The summed E-state index contributed by atoms with van der Waals surface area (Å²) >= 11 is 0. The van der Waals surface area contributed by atoms with E-state index in [2.05, 4.69) is 15.0 Å². The van der Waals surface area contributed by atoms with Crippen LogP contribution in [0.2, 0.25) is 0 Å². The van der Waals surface area contributed by atoms with E-state index in [9.17, 15) is 22.8 Å². The average molecular weight is 382 g/mol. The number of anilines is 1. The molecule has 0 saturated heterocycles. The zero-order valence-electron chi connectivity index (χ0n) is 14.6. The van der Waals surface area contributed by atoms with Gasteiger partial charge < -0.3 is 14.8 Å². The highest BCUT2D eigenvalue weighted by Gasteiger charge is 2.31. The highest BCUT2D eigenvalue weighted by atomic mass is 19.4. The number of nitrogens with one attached hydrogen (secondary N) is 1. The number of methoxy groups -OCH3 is 1. The number of nitrogens with zero attached hydrogens (tertiary/aromatic N) is 1. The fourth-order valence-corrected chi connectivity index (χ4v) is 2.10. The molecule has 9 heteroatoms. The number of benzene rings is 1. The van der Waals surface area contributed by atoms with Crippen LogP contribution in [0.4, 0.5) is 18.9 Å². The van der Waals surface area contributed by atoms with Crippen LogP contribution >= 0.6 is 0 Å². The van der Waals surface area contributed by atoms with E-state index in [-0.39, 0.29) is 29.3 Å². The van der Waals surface area contributed by atoms with Gasteiger partial charge in [0.05, 0.1) is 30.5 Å². The Bertz CT molecular complexity index is 820. The van der Waals surface area contributed by atoms with Crippen molar-refractivity contribution in [3.05, 3.63) is 53.3 Å². The number of halogens is 3. The maximum Gasteiger partial charge on any atom is 0.416 e. The molecule has 0 atom stereocenters. The molecule has 1 heterocycles. The molecule has 2 rings (SSSR count). The molecule has 0 spiro atoms. The van der Waals surface area contributed by atoms with Crippen molar-refractivity contribution in [1.29, 1.82) is 0 Å². The number of hydrogen-bond acceptors (Lipinski definition) is 5. The summed E-state index contributed by atoms with van der Waals surface area (Å²) in [5.74, 6) is -1.25. The molecule has 0 fully saturated rings. The van der Waals surface area contributed by atoms with Gasteiger partial charge in [0.25, 0.3) is 5.91 Å². The summed E-state index contributed by atoms with van der Waals surface area (Å²) in [4.78, 5) is 27.5. The predicted molar refractivity (Wildman–Crippen MR) is 90.8 cm³/mol. The molecule has 0 aliphatic heterocycles. The lowest BCUT2D eigenvalue weighted by Gasteiger charge is -2.15. The van der Waals surface area contributed by atoms with E-state index in [1.807, 2.05) is 6.92 Å². The van der Waals surface area contributed by atoms with E-state index in [0.717, 1.165) is 24.4 Å². The van der Waals surface area contributed by atoms with Crippen molar-refractivity contribution >= 4 is 17.6 Å². The molecule has 6 nitrogen and oxygen atoms in total. The van der Waals surface area contributed by atoms with Gasteiger partial charge in [-0.05, 0) is 36.8 Å². The lowest BCUT2D eigenvalue weighted by Crippen LogP contribution is -2.16. The molecule has 2 aromatic rings. The Labute approximate surface area is 153 Å². The first-order valence-corrected chi connectivity index (χ1v) is 7.96. The maximum absolute atomic E-state index is 13.0. The van der Waals surface area contributed by atoms with Crippen LogP contribution in [0.25, 0.3) is 0 Å². The molecule has 1 amide bonds. The number of hydrogen-bond donors (Lipinski definition) is 1. The number of esters is 1. The van der Waals surface area contributed by atoms with Crippen LogP contribution in [0.1, 0.15) is 39.8 Å². The Kier molecular flexibility index (Phi) is 6.38. The van der Waals surface area contributed by atoms with Crippen molar-refractivity contribution < 1.29 is 32.2 Å². The third kappa shape index (κ3) is 5.19. The lowest BCUT2D eigenvalue weighted by atomic mass is 10.1. The van der Waals surface area contributed by atoms with Crippen LogP contribution < -0.4 is 10.1 Å². The number of pyridine rings is 1. The van der Waals surface area contributed by atoms with Gasteiger partial charge in [0.15, 0.2) is 0 Å². The summed E-state index contributed by atoms with van der Waals surface area (Å²) < 4.78 is 48.8. The smallest absolute Gasteiger partial charge is 0.416 e. The highest BCUT2D eigenvalue weighted by molar-refractivity contribution is 6.04. The zero-order valence-corrected chi connectivity index (χ0v) is 14.6. The van der Waals surface area contributed by atoms with Crippen molar-refractivity contribution in [3.63, 3.8) is 0 Å². The third-order valence-corrected chi connectivity index (χ3v) is 3.43. The number of aromatic nitrogens is 1. The molecule has 0 aliphatic rings. The van der Waals surface area contributed by atoms with Crippen LogP contribution in [0.3, 0.4) is 0 Å². The minimum absolute atomic E-state index is 0.0819. The number of carbonyl (C=O) groups excluding carboxylic acids is 2. The Balaban J connectivity index is 2.27. The second-order valence-corrected chi connectivity index (χ2v) is 5.43. The average Bonchev–Trinajstić information content (AvgIpc) is 2.65. The van der Waals surface area contributed by atoms with Crippen LogP contribution in [0, 0.1) is 0 Å². The summed E-state index contributed by atoms with van der Waals surface area (Å²) in [5, 5.41) is 2.37. The standard InChI is InChI=1S/C18H17F3N2O4/c1-3-8-27-15-7-5-12(18(19,20)21)9-14(15)23-16(24)13-6-4-11(10-22-13)17(25)26-2/h4-7,9-10H,3,8H2,1-2H3,(H,23,24). The summed E-state index contributed by atoms with van der Waals surface area (Å²) in [5.41, 5.74) is -0.987. The van der Waals surface area contributed by atoms with Gasteiger partial charge in [0.1, 0.15) is 11.4 Å². The molecule has 27 heavy (non-hydrogen) atoms. The summed E-state index contributed by atoms with van der Waals surface area (Å²) in [6.07, 6.45) is -2.78. The van der Waals surface area contributed by atoms with Crippen molar-refractivity contribution in [1.82, 2.24) is 4.98 Å². The first-order valence-electron chi connectivity index (χ1n) is 7.96. The van der Waals surface area contributed by atoms with E-state index in [1.54, 1.807) is 0 Å². The van der Waals surface area contributed by atoms with Crippen LogP contribution in [0.15, 0.2) is 36.5 Å². The third-order valence-electron chi connectivity index (χ3n) is 3.43. The number of ether oxygens (including phenoxy) is 2. The quantitative estimate of drug-likeness (QED) is 0.766. The van der Waals surface area contributed by atoms with Gasteiger partial charge in [-0.25, -0.2) is 4.79 Å². The van der Waals surface area contributed by atoms with Crippen molar-refractivity contribution in [2.75, 3.05) is 19.0 Å². The van der Waals surface area contributed by atoms with Gasteiger partial charge in [-0.15, -0.1) is 0 Å². The topological polar surface area (TPSA) is 77.5 Å². The zero-order chi connectivity index (χ0) is 20.0. The van der Waals surface area contributed by atoms with Crippen molar-refractivity contribution in [2.24, 2.45) is 0 Å². The number of rotatable bonds is 6. The second kappa shape index (κ2) is 8.52. The molecule has 0 aliphatic carbocycles. The molecule has 144 valence electrons. The van der Waals surface area contributed by atoms with Gasteiger partial charge in [-0.2, -0.15) is 13.2 Å². The van der Waals surface area contributed by atoms with Crippen LogP contribution in [-0.4, -0.2) is 30.6 Å². The fourth-order valence-electron chi connectivity index (χ4n) is 2.10. The Morgan fingerprint density at radius 2 is 1.93 bits per heavy atom. The summed E-state index contributed by atoms with van der Waals surface area (Å²) in [6, 6.07) is 5.42. The van der Waals surface area contributed by atoms with E-state index in [4.69, 9.17) is 4.74 Å². The minimum Gasteiger partial charge on any atom is -0.491 e. The van der Waals surface area contributed by atoms with E-state index in [1.165, 1.54) is 19.2 Å². The minimum atomic E-state index is -4.57. The number of amides is 1. The largest absolute Gasteiger partial charge is 0.491 e. The lowest BCUT2D eigenvalue weighted by molar-refractivity contribution is -0.137. The Hall–Kier alpha value is -3.10. The Morgan fingerprint density at radius 1 is 1.19 bits per heavy atom. The van der Waals surface area contributed by atoms with Gasteiger partial charge in [-0.3, -0.25) is 9.78 Å². The first-order chi connectivity index (χ1) is 12.8. The normalized spacial score (nSPS) is 11.0. The molecule has 1 N–H and O–H groups in total. The molecule has 0 bridgehead atoms. The first kappa shape index (κ1) is 20.2. The van der Waals surface area contributed by atoms with Crippen molar-refractivity contribution in [2.45, 2.75) is 19.5 Å². The van der Waals surface area contributed by atoms with Crippen LogP contribution in [0.5, 0.6) is 5.75 Å². The molecule has 1 aromatic heterocycles. The Morgan fingerprint density at radius 3 is 2.48 bits per heavy atom. The predicted octanol–water partition coefficient (Wildman–Crippen LogP) is 3.93. The monoisotopic (exact) mass is 382 g/mol. The molecule has 0 radical (unpaired) electrons. The van der Waals surface area contributed by atoms with Crippen molar-refractivity contribution in [3.8, 4) is 5.75 Å². The SMILES string of the molecule is CCCOc1ccc(C(F)(F)F)cc1NC(=O)c1ccc(C(=O)OC)cn1. The second-order valence-electron chi connectivity index (χ2n) is 5.43. The molecule has 1 aromatic carbocycles.